The van der Waals surface area contributed by atoms with Gasteiger partial charge >= 0.3 is 0 Å². The predicted molar refractivity (Wildman–Crippen MR) is 109 cm³/mol. The van der Waals surface area contributed by atoms with Crippen LogP contribution in [0.3, 0.4) is 0 Å². The minimum absolute atomic E-state index is 0.00999. The maximum Gasteiger partial charge on any atom is 0.258 e. The molecule has 2 aliphatic heterocycles. The number of likely N-dealkylation sites (N-methyl/N-ethyl adjacent to an activating group) is 1. The molecule has 6 heteroatoms. The van der Waals surface area contributed by atoms with Gasteiger partial charge in [-0.15, -0.1) is 0 Å². The van der Waals surface area contributed by atoms with E-state index in [1.807, 2.05) is 30.0 Å². The van der Waals surface area contributed by atoms with E-state index in [4.69, 9.17) is 4.74 Å². The van der Waals surface area contributed by atoms with E-state index in [0.717, 1.165) is 39.0 Å². The Morgan fingerprint density at radius 3 is 2.71 bits per heavy atom. The Morgan fingerprint density at radius 1 is 1.29 bits per heavy atom. The molecule has 1 unspecified atom stereocenters. The quantitative estimate of drug-likeness (QED) is 0.813. The van der Waals surface area contributed by atoms with Crippen LogP contribution in [0.1, 0.15) is 46.1 Å². The molecular formula is C22H33N3O3. The third-order valence-corrected chi connectivity index (χ3v) is 5.67. The summed E-state index contributed by atoms with van der Waals surface area (Å²) >= 11 is 0. The van der Waals surface area contributed by atoms with Gasteiger partial charge in [-0.05, 0) is 42.9 Å². The number of carbonyl (C=O) groups excluding carboxylic acids is 2. The molecule has 2 heterocycles. The van der Waals surface area contributed by atoms with Crippen molar-refractivity contribution in [2.75, 3.05) is 32.8 Å². The fraction of sp³-hybridized carbons (Fsp3) is 0.636. The van der Waals surface area contributed by atoms with Crippen molar-refractivity contribution < 1.29 is 14.3 Å². The third-order valence-electron chi connectivity index (χ3n) is 5.67. The molecular weight excluding hydrogens is 354 g/mol. The van der Waals surface area contributed by atoms with Gasteiger partial charge in [0.2, 0.25) is 5.91 Å². The average molecular weight is 388 g/mol. The molecule has 2 saturated heterocycles. The topological polar surface area (TPSA) is 61.9 Å². The van der Waals surface area contributed by atoms with Crippen LogP contribution in [0.4, 0.5) is 0 Å². The summed E-state index contributed by atoms with van der Waals surface area (Å²) in [5.74, 6) is 0.835. The number of nitrogens with zero attached hydrogens (tertiary/aromatic N) is 2. The van der Waals surface area contributed by atoms with E-state index in [9.17, 15) is 9.59 Å². The van der Waals surface area contributed by atoms with Crippen LogP contribution in [0.25, 0.3) is 0 Å². The molecule has 2 fully saturated rings. The lowest BCUT2D eigenvalue weighted by molar-refractivity contribution is -0.142. The van der Waals surface area contributed by atoms with E-state index in [1.165, 1.54) is 5.56 Å². The Balaban J connectivity index is 1.42. The number of benzene rings is 1. The zero-order chi connectivity index (χ0) is 20.3. The molecule has 0 saturated carbocycles. The van der Waals surface area contributed by atoms with E-state index in [2.05, 4.69) is 37.1 Å². The van der Waals surface area contributed by atoms with Crippen molar-refractivity contribution in [3.63, 3.8) is 0 Å². The van der Waals surface area contributed by atoms with Gasteiger partial charge < -0.3 is 15.0 Å². The van der Waals surface area contributed by atoms with Crippen molar-refractivity contribution in [1.29, 1.82) is 0 Å². The number of likely N-dealkylation sites (tertiary alicyclic amines) is 2. The molecule has 3 rings (SSSR count). The van der Waals surface area contributed by atoms with Gasteiger partial charge in [0, 0.05) is 26.2 Å². The Hall–Kier alpha value is -2.08. The highest BCUT2D eigenvalue weighted by molar-refractivity contribution is 5.83. The lowest BCUT2D eigenvalue weighted by Crippen LogP contribution is -2.66. The van der Waals surface area contributed by atoms with E-state index in [-0.39, 0.29) is 35.9 Å². The molecule has 2 aliphatic rings. The van der Waals surface area contributed by atoms with Crippen molar-refractivity contribution in [2.45, 2.75) is 58.0 Å². The van der Waals surface area contributed by atoms with Crippen molar-refractivity contribution in [2.24, 2.45) is 0 Å². The number of carbonyl (C=O) groups is 2. The summed E-state index contributed by atoms with van der Waals surface area (Å²) in [6.45, 7) is 11.6. The summed E-state index contributed by atoms with van der Waals surface area (Å²) < 4.78 is 5.68. The Labute approximate surface area is 168 Å². The molecule has 2 amide bonds. The van der Waals surface area contributed by atoms with Gasteiger partial charge in [0.15, 0.2) is 6.61 Å². The zero-order valence-corrected chi connectivity index (χ0v) is 17.5. The highest BCUT2D eigenvalue weighted by atomic mass is 16.5. The van der Waals surface area contributed by atoms with Gasteiger partial charge in [-0.3, -0.25) is 14.5 Å². The minimum atomic E-state index is -0.115. The number of hydrogen-bond donors (Lipinski definition) is 1. The van der Waals surface area contributed by atoms with E-state index in [0.29, 0.717) is 5.75 Å². The average Bonchev–Trinajstić information content (AvgIpc) is 2.63. The molecule has 0 radical (unpaired) electrons. The predicted octanol–water partition coefficient (Wildman–Crippen LogP) is 2.17. The normalized spacial score (nSPS) is 21.4. The fourth-order valence-corrected chi connectivity index (χ4v) is 3.90. The molecule has 28 heavy (non-hydrogen) atoms. The first-order valence-corrected chi connectivity index (χ1v) is 10.3. The van der Waals surface area contributed by atoms with Gasteiger partial charge in [0.05, 0.1) is 12.1 Å². The first-order chi connectivity index (χ1) is 13.3. The van der Waals surface area contributed by atoms with Crippen molar-refractivity contribution in [1.82, 2.24) is 15.1 Å². The number of ether oxygens (including phenoxy) is 1. The first kappa shape index (κ1) is 20.6. The molecule has 1 aromatic carbocycles. The summed E-state index contributed by atoms with van der Waals surface area (Å²) in [4.78, 5) is 28.8. The van der Waals surface area contributed by atoms with Crippen molar-refractivity contribution >= 4 is 11.8 Å². The third kappa shape index (κ3) is 4.85. The number of rotatable bonds is 6. The van der Waals surface area contributed by atoms with Crippen LogP contribution in [0.5, 0.6) is 5.75 Å². The Kier molecular flexibility index (Phi) is 6.28. The molecule has 6 nitrogen and oxygen atoms in total. The first-order valence-electron chi connectivity index (χ1n) is 10.3. The van der Waals surface area contributed by atoms with Crippen LogP contribution < -0.4 is 10.1 Å². The highest BCUT2D eigenvalue weighted by Crippen LogP contribution is 2.26. The second-order valence-electron chi connectivity index (χ2n) is 8.86. The highest BCUT2D eigenvalue weighted by Gasteiger charge is 2.39. The Bertz CT molecular complexity index is 707. The van der Waals surface area contributed by atoms with E-state index >= 15 is 0 Å². The Morgan fingerprint density at radius 2 is 2.04 bits per heavy atom. The smallest absolute Gasteiger partial charge is 0.258 e. The van der Waals surface area contributed by atoms with Crippen LogP contribution in [0.15, 0.2) is 24.3 Å². The molecule has 154 valence electrons. The number of piperidine rings is 1. The number of hydrogen-bond acceptors (Lipinski definition) is 4. The largest absolute Gasteiger partial charge is 0.484 e. The maximum atomic E-state index is 12.5. The monoisotopic (exact) mass is 387 g/mol. The molecule has 1 aromatic rings. The van der Waals surface area contributed by atoms with Gasteiger partial charge in [-0.1, -0.05) is 32.9 Å². The zero-order valence-electron chi connectivity index (χ0n) is 17.5. The van der Waals surface area contributed by atoms with Crippen LogP contribution in [-0.2, 0) is 15.0 Å². The second kappa shape index (κ2) is 8.52. The van der Waals surface area contributed by atoms with Crippen molar-refractivity contribution in [3.8, 4) is 5.75 Å². The molecule has 0 aliphatic carbocycles. The molecule has 0 spiro atoms. The second-order valence-corrected chi connectivity index (χ2v) is 8.86. The molecule has 1 N–H and O–H groups in total. The standard InChI is InChI=1S/C22H33N3O3/c1-5-24-11-7-10-19(21(24)27)25-13-17(14-25)23-20(26)15-28-18-9-6-8-16(12-18)22(2,3)4/h6,8-9,12,17,19H,5,7,10-11,13-15H2,1-4H3,(H,23,26). The SMILES string of the molecule is CCN1CCCC(N2CC(NC(=O)COc3cccc(C(C)(C)C)c3)C2)C1=O. The molecule has 1 atom stereocenters. The summed E-state index contributed by atoms with van der Waals surface area (Å²) in [6, 6.07) is 7.98. The van der Waals surface area contributed by atoms with Crippen LogP contribution in [0, 0.1) is 0 Å². The van der Waals surface area contributed by atoms with Crippen LogP contribution in [-0.4, -0.2) is 66.5 Å². The van der Waals surface area contributed by atoms with E-state index in [1.54, 1.807) is 0 Å². The lowest BCUT2D eigenvalue weighted by Gasteiger charge is -2.46. The van der Waals surface area contributed by atoms with Crippen LogP contribution in [0.2, 0.25) is 0 Å². The maximum absolute atomic E-state index is 12.5. The van der Waals surface area contributed by atoms with Gasteiger partial charge in [-0.2, -0.15) is 0 Å². The molecule has 0 bridgehead atoms. The molecule has 0 aromatic heterocycles. The fourth-order valence-electron chi connectivity index (χ4n) is 3.90. The van der Waals surface area contributed by atoms with Crippen LogP contribution >= 0.6 is 0 Å². The number of nitrogens with one attached hydrogen (secondary N) is 1. The van der Waals surface area contributed by atoms with Gasteiger partial charge in [0.25, 0.3) is 5.91 Å². The lowest BCUT2D eigenvalue weighted by atomic mass is 9.87. The number of amides is 2. The van der Waals surface area contributed by atoms with E-state index < -0.39 is 0 Å². The summed E-state index contributed by atoms with van der Waals surface area (Å²) in [6.07, 6.45) is 1.97. The summed E-state index contributed by atoms with van der Waals surface area (Å²) in [5, 5.41) is 3.01. The summed E-state index contributed by atoms with van der Waals surface area (Å²) in [7, 11) is 0. The van der Waals surface area contributed by atoms with Crippen molar-refractivity contribution in [3.05, 3.63) is 29.8 Å². The van der Waals surface area contributed by atoms with Gasteiger partial charge in [-0.25, -0.2) is 0 Å². The summed E-state index contributed by atoms with van der Waals surface area (Å²) in [5.41, 5.74) is 1.22. The van der Waals surface area contributed by atoms with Gasteiger partial charge in [0.1, 0.15) is 5.75 Å². The minimum Gasteiger partial charge on any atom is -0.484 e.